The Morgan fingerprint density at radius 1 is 1.26 bits per heavy atom. The maximum Gasteiger partial charge on any atom is 0.258 e. The SMILES string of the molecule is Cc1cc(NC(=O)c2ccc3nccn3c2)ncn1. The van der Waals surface area contributed by atoms with Gasteiger partial charge in [-0.25, -0.2) is 15.0 Å². The minimum Gasteiger partial charge on any atom is -0.306 e. The van der Waals surface area contributed by atoms with E-state index in [9.17, 15) is 4.79 Å². The van der Waals surface area contributed by atoms with Crippen molar-refractivity contribution in [2.24, 2.45) is 0 Å². The largest absolute Gasteiger partial charge is 0.306 e. The number of imidazole rings is 1. The molecule has 19 heavy (non-hydrogen) atoms. The van der Waals surface area contributed by atoms with Gasteiger partial charge in [0.1, 0.15) is 17.8 Å². The number of aryl methyl sites for hydroxylation is 1. The van der Waals surface area contributed by atoms with E-state index in [1.807, 2.05) is 6.92 Å². The van der Waals surface area contributed by atoms with Crippen molar-refractivity contribution in [2.75, 3.05) is 5.32 Å². The summed E-state index contributed by atoms with van der Waals surface area (Å²) >= 11 is 0. The first-order valence-corrected chi connectivity index (χ1v) is 5.75. The number of nitrogens with one attached hydrogen (secondary N) is 1. The summed E-state index contributed by atoms with van der Waals surface area (Å²) in [5, 5.41) is 2.73. The number of carbonyl (C=O) groups is 1. The van der Waals surface area contributed by atoms with E-state index >= 15 is 0 Å². The number of anilines is 1. The van der Waals surface area contributed by atoms with Crippen molar-refractivity contribution < 1.29 is 4.79 Å². The molecule has 0 aromatic carbocycles. The van der Waals surface area contributed by atoms with Crippen molar-refractivity contribution in [1.29, 1.82) is 0 Å². The summed E-state index contributed by atoms with van der Waals surface area (Å²) in [6.45, 7) is 1.84. The minimum atomic E-state index is -0.214. The highest BCUT2D eigenvalue weighted by atomic mass is 16.1. The molecule has 94 valence electrons. The lowest BCUT2D eigenvalue weighted by molar-refractivity contribution is 0.102. The quantitative estimate of drug-likeness (QED) is 0.754. The Morgan fingerprint density at radius 2 is 2.16 bits per heavy atom. The summed E-state index contributed by atoms with van der Waals surface area (Å²) < 4.78 is 1.79. The second kappa shape index (κ2) is 4.49. The van der Waals surface area contributed by atoms with Crippen LogP contribution in [0.2, 0.25) is 0 Å². The molecule has 0 spiro atoms. The van der Waals surface area contributed by atoms with Gasteiger partial charge in [-0.05, 0) is 19.1 Å². The first kappa shape index (κ1) is 11.3. The Morgan fingerprint density at radius 3 is 3.00 bits per heavy atom. The number of nitrogens with zero attached hydrogens (tertiary/aromatic N) is 4. The van der Waals surface area contributed by atoms with Gasteiger partial charge in [-0.2, -0.15) is 0 Å². The molecule has 0 radical (unpaired) electrons. The second-order valence-electron chi connectivity index (χ2n) is 4.11. The van der Waals surface area contributed by atoms with Crippen LogP contribution in [0.15, 0.2) is 43.1 Å². The van der Waals surface area contributed by atoms with E-state index in [4.69, 9.17) is 0 Å². The van der Waals surface area contributed by atoms with E-state index in [-0.39, 0.29) is 5.91 Å². The molecule has 1 N–H and O–H groups in total. The Bertz CT molecular complexity index is 749. The fraction of sp³-hybridized carbons (Fsp3) is 0.0769. The zero-order valence-corrected chi connectivity index (χ0v) is 10.2. The summed E-state index contributed by atoms with van der Waals surface area (Å²) in [6, 6.07) is 5.24. The van der Waals surface area contributed by atoms with Crippen molar-refractivity contribution in [2.45, 2.75) is 6.92 Å². The highest BCUT2D eigenvalue weighted by Gasteiger charge is 2.08. The molecular weight excluding hydrogens is 242 g/mol. The molecule has 0 bridgehead atoms. The highest BCUT2D eigenvalue weighted by molar-refractivity contribution is 6.03. The second-order valence-corrected chi connectivity index (χ2v) is 4.11. The van der Waals surface area contributed by atoms with Crippen LogP contribution in [-0.2, 0) is 0 Å². The van der Waals surface area contributed by atoms with Gasteiger partial charge in [0.05, 0.1) is 5.56 Å². The zero-order chi connectivity index (χ0) is 13.2. The topological polar surface area (TPSA) is 72.2 Å². The molecule has 0 aliphatic carbocycles. The lowest BCUT2D eigenvalue weighted by Crippen LogP contribution is -2.13. The molecule has 0 aliphatic rings. The molecular formula is C13H11N5O. The van der Waals surface area contributed by atoms with E-state index < -0.39 is 0 Å². The van der Waals surface area contributed by atoms with Gasteiger partial charge in [0, 0.05) is 30.4 Å². The van der Waals surface area contributed by atoms with E-state index in [1.165, 1.54) is 6.33 Å². The summed E-state index contributed by atoms with van der Waals surface area (Å²) in [6.07, 6.45) is 6.63. The third-order valence-electron chi connectivity index (χ3n) is 2.70. The smallest absolute Gasteiger partial charge is 0.258 e. The molecule has 0 aliphatic heterocycles. The maximum atomic E-state index is 12.1. The highest BCUT2D eigenvalue weighted by Crippen LogP contribution is 2.08. The monoisotopic (exact) mass is 253 g/mol. The number of carbonyl (C=O) groups excluding carboxylic acids is 1. The predicted octanol–water partition coefficient (Wildman–Crippen LogP) is 1.69. The number of pyridine rings is 1. The third-order valence-corrected chi connectivity index (χ3v) is 2.70. The molecule has 3 aromatic rings. The Hall–Kier alpha value is -2.76. The summed E-state index contributed by atoms with van der Waals surface area (Å²) in [7, 11) is 0. The summed E-state index contributed by atoms with van der Waals surface area (Å²) in [5.74, 6) is 0.275. The third kappa shape index (κ3) is 2.28. The lowest BCUT2D eigenvalue weighted by atomic mass is 10.2. The van der Waals surface area contributed by atoms with Gasteiger partial charge < -0.3 is 9.72 Å². The van der Waals surface area contributed by atoms with Crippen LogP contribution in [0.3, 0.4) is 0 Å². The number of fused-ring (bicyclic) bond motifs is 1. The molecule has 0 saturated carbocycles. The lowest BCUT2D eigenvalue weighted by Gasteiger charge is -2.05. The number of amides is 1. The Labute approximate surface area is 109 Å². The normalized spacial score (nSPS) is 10.6. The minimum absolute atomic E-state index is 0.214. The van der Waals surface area contributed by atoms with Crippen molar-refractivity contribution in [3.63, 3.8) is 0 Å². The van der Waals surface area contributed by atoms with Gasteiger partial charge in [0.2, 0.25) is 0 Å². The molecule has 0 fully saturated rings. The number of hydrogen-bond donors (Lipinski definition) is 1. The van der Waals surface area contributed by atoms with Gasteiger partial charge in [0.25, 0.3) is 5.91 Å². The van der Waals surface area contributed by atoms with Crippen molar-refractivity contribution in [1.82, 2.24) is 19.4 Å². The van der Waals surface area contributed by atoms with Crippen LogP contribution in [0.5, 0.6) is 0 Å². The first-order valence-electron chi connectivity index (χ1n) is 5.75. The molecule has 0 atom stereocenters. The fourth-order valence-corrected chi connectivity index (χ4v) is 1.77. The molecule has 3 rings (SSSR count). The van der Waals surface area contributed by atoms with E-state index in [0.29, 0.717) is 11.4 Å². The molecule has 0 saturated heterocycles. The molecule has 6 heteroatoms. The van der Waals surface area contributed by atoms with Crippen LogP contribution in [-0.4, -0.2) is 25.3 Å². The van der Waals surface area contributed by atoms with E-state index in [2.05, 4.69) is 20.3 Å². The fourth-order valence-electron chi connectivity index (χ4n) is 1.77. The average molecular weight is 253 g/mol. The number of aromatic nitrogens is 4. The van der Waals surface area contributed by atoms with E-state index in [0.717, 1.165) is 11.3 Å². The van der Waals surface area contributed by atoms with Crippen molar-refractivity contribution in [3.05, 3.63) is 54.4 Å². The van der Waals surface area contributed by atoms with E-state index in [1.54, 1.807) is 41.2 Å². The maximum absolute atomic E-state index is 12.1. The number of rotatable bonds is 2. The van der Waals surface area contributed by atoms with Gasteiger partial charge in [0.15, 0.2) is 0 Å². The van der Waals surface area contributed by atoms with Crippen molar-refractivity contribution >= 4 is 17.4 Å². The van der Waals surface area contributed by atoms with Gasteiger partial charge >= 0.3 is 0 Å². The molecule has 6 nitrogen and oxygen atoms in total. The van der Waals surface area contributed by atoms with Crippen LogP contribution in [0.1, 0.15) is 16.1 Å². The van der Waals surface area contributed by atoms with Crippen LogP contribution < -0.4 is 5.32 Å². The number of hydrogen-bond acceptors (Lipinski definition) is 4. The van der Waals surface area contributed by atoms with Gasteiger partial charge in [-0.1, -0.05) is 0 Å². The van der Waals surface area contributed by atoms with Crippen LogP contribution >= 0.6 is 0 Å². The molecule has 3 heterocycles. The average Bonchev–Trinajstić information content (AvgIpc) is 2.85. The van der Waals surface area contributed by atoms with Crippen molar-refractivity contribution in [3.8, 4) is 0 Å². The van der Waals surface area contributed by atoms with Gasteiger partial charge in [-0.3, -0.25) is 4.79 Å². The molecule has 3 aromatic heterocycles. The Balaban J connectivity index is 1.87. The van der Waals surface area contributed by atoms with Gasteiger partial charge in [-0.15, -0.1) is 0 Å². The Kier molecular flexibility index (Phi) is 2.68. The zero-order valence-electron chi connectivity index (χ0n) is 10.2. The predicted molar refractivity (Wildman–Crippen MR) is 69.9 cm³/mol. The first-order chi connectivity index (χ1) is 9.22. The summed E-state index contributed by atoms with van der Waals surface area (Å²) in [4.78, 5) is 24.2. The van der Waals surface area contributed by atoms with Crippen LogP contribution in [0.25, 0.3) is 5.65 Å². The van der Waals surface area contributed by atoms with Crippen LogP contribution in [0.4, 0.5) is 5.82 Å². The van der Waals surface area contributed by atoms with Crippen LogP contribution in [0, 0.1) is 6.92 Å². The standard InChI is InChI=1S/C13H11N5O/c1-9-6-11(16-8-15-9)17-13(19)10-2-3-12-14-4-5-18(12)7-10/h2-8H,1H3,(H,15,16,17,19). The summed E-state index contributed by atoms with van der Waals surface area (Å²) in [5.41, 5.74) is 2.14. The molecule has 1 amide bonds. The molecule has 0 unspecified atom stereocenters.